The van der Waals surface area contributed by atoms with Crippen LogP contribution in [-0.4, -0.2) is 32.2 Å². The quantitative estimate of drug-likeness (QED) is 0.802. The Morgan fingerprint density at radius 2 is 2.00 bits per heavy atom. The highest BCUT2D eigenvalue weighted by Crippen LogP contribution is 2.19. The summed E-state index contributed by atoms with van der Waals surface area (Å²) in [5.41, 5.74) is 5.43. The molecule has 1 aromatic rings. The maximum Gasteiger partial charge on any atom is 0.224 e. The van der Waals surface area contributed by atoms with Gasteiger partial charge in [-0.05, 0) is 19.1 Å². The van der Waals surface area contributed by atoms with Crippen LogP contribution >= 0.6 is 12.4 Å². The highest BCUT2D eigenvalue weighted by Gasteiger charge is 2.12. The summed E-state index contributed by atoms with van der Waals surface area (Å²) in [5.74, 6) is 1.23. The van der Waals surface area contributed by atoms with E-state index < -0.39 is 0 Å². The lowest BCUT2D eigenvalue weighted by atomic mass is 10.1. The van der Waals surface area contributed by atoms with Crippen LogP contribution < -0.4 is 20.5 Å². The van der Waals surface area contributed by atoms with Gasteiger partial charge in [0.1, 0.15) is 17.6 Å². The van der Waals surface area contributed by atoms with Gasteiger partial charge in [-0.2, -0.15) is 0 Å². The molecule has 0 saturated heterocycles. The van der Waals surface area contributed by atoms with Crippen molar-refractivity contribution in [2.45, 2.75) is 20.0 Å². The number of hydrogen-bond donors (Lipinski definition) is 2. The van der Waals surface area contributed by atoms with Crippen molar-refractivity contribution in [1.29, 1.82) is 0 Å². The second-order valence-electron chi connectivity index (χ2n) is 4.49. The van der Waals surface area contributed by atoms with Crippen LogP contribution in [-0.2, 0) is 4.79 Å². The topological polar surface area (TPSA) is 73.6 Å². The van der Waals surface area contributed by atoms with E-state index in [1.165, 1.54) is 0 Å². The van der Waals surface area contributed by atoms with Gasteiger partial charge in [-0.15, -0.1) is 12.4 Å². The number of carbonyl (C=O) groups excluding carboxylic acids is 1. The van der Waals surface area contributed by atoms with Crippen molar-refractivity contribution in [3.05, 3.63) is 24.3 Å². The number of carbonyl (C=O) groups is 1. The van der Waals surface area contributed by atoms with Gasteiger partial charge in [-0.25, -0.2) is 0 Å². The van der Waals surface area contributed by atoms with E-state index in [1.54, 1.807) is 20.1 Å². The normalized spacial score (nSPS) is 12.8. The molecule has 3 N–H and O–H groups in total. The molecule has 0 fully saturated rings. The molecule has 1 aromatic carbocycles. The van der Waals surface area contributed by atoms with Gasteiger partial charge in [0, 0.05) is 18.5 Å². The summed E-state index contributed by atoms with van der Waals surface area (Å²) < 4.78 is 10.8. The molecule has 0 aromatic heterocycles. The largest absolute Gasteiger partial charge is 0.497 e. The summed E-state index contributed by atoms with van der Waals surface area (Å²) in [5, 5.41) is 2.81. The van der Waals surface area contributed by atoms with Crippen LogP contribution in [0.25, 0.3) is 0 Å². The molecule has 114 valence electrons. The van der Waals surface area contributed by atoms with Crippen LogP contribution in [0.5, 0.6) is 11.5 Å². The van der Waals surface area contributed by atoms with Crippen molar-refractivity contribution >= 4 is 18.3 Å². The molecule has 0 saturated carbocycles. The van der Waals surface area contributed by atoms with E-state index in [4.69, 9.17) is 15.2 Å². The summed E-state index contributed by atoms with van der Waals surface area (Å²) >= 11 is 0. The maximum absolute atomic E-state index is 11.6. The first-order chi connectivity index (χ1) is 9.06. The molecule has 0 aliphatic carbocycles. The molecule has 0 spiro atoms. The van der Waals surface area contributed by atoms with Crippen LogP contribution in [0.1, 0.15) is 13.8 Å². The van der Waals surface area contributed by atoms with Gasteiger partial charge >= 0.3 is 0 Å². The molecule has 1 amide bonds. The lowest BCUT2D eigenvalue weighted by molar-refractivity contribution is -0.124. The van der Waals surface area contributed by atoms with Crippen molar-refractivity contribution in [3.8, 4) is 11.5 Å². The molecule has 0 radical (unpaired) electrons. The minimum absolute atomic E-state index is 0. The zero-order chi connectivity index (χ0) is 14.3. The lowest BCUT2D eigenvalue weighted by Gasteiger charge is -2.17. The predicted molar refractivity (Wildman–Crippen MR) is 81.6 cm³/mol. The van der Waals surface area contributed by atoms with Gasteiger partial charge in [-0.3, -0.25) is 4.79 Å². The Hall–Kier alpha value is -1.46. The van der Waals surface area contributed by atoms with E-state index in [-0.39, 0.29) is 30.3 Å². The number of rotatable bonds is 7. The molecule has 2 unspecified atom stereocenters. The number of nitrogens with two attached hydrogens (primary N) is 1. The zero-order valence-electron chi connectivity index (χ0n) is 12.1. The number of amides is 1. The Labute approximate surface area is 126 Å². The number of ether oxygens (including phenoxy) is 2. The minimum Gasteiger partial charge on any atom is -0.497 e. The standard InChI is InChI=1S/C14H22N2O3.ClH/c1-10(8-15)14(17)16-9-11(2)19-13-6-4-5-12(7-13)18-3;/h4-7,10-11H,8-9,15H2,1-3H3,(H,16,17);1H. The van der Waals surface area contributed by atoms with E-state index >= 15 is 0 Å². The fraction of sp³-hybridized carbons (Fsp3) is 0.500. The van der Waals surface area contributed by atoms with Crippen molar-refractivity contribution < 1.29 is 14.3 Å². The molecule has 5 nitrogen and oxygen atoms in total. The van der Waals surface area contributed by atoms with Gasteiger partial charge in [0.05, 0.1) is 13.7 Å². The van der Waals surface area contributed by atoms with E-state index in [2.05, 4.69) is 5.32 Å². The fourth-order valence-electron chi connectivity index (χ4n) is 1.47. The number of benzene rings is 1. The summed E-state index contributed by atoms with van der Waals surface area (Å²) in [4.78, 5) is 11.6. The number of hydrogen-bond acceptors (Lipinski definition) is 4. The van der Waals surface area contributed by atoms with Crippen molar-refractivity contribution in [1.82, 2.24) is 5.32 Å². The highest BCUT2D eigenvalue weighted by molar-refractivity contribution is 5.85. The van der Waals surface area contributed by atoms with Crippen LogP contribution in [0.3, 0.4) is 0 Å². The van der Waals surface area contributed by atoms with Gasteiger partial charge in [0.15, 0.2) is 0 Å². The fourth-order valence-corrected chi connectivity index (χ4v) is 1.47. The summed E-state index contributed by atoms with van der Waals surface area (Å²) in [7, 11) is 1.61. The average molecular weight is 303 g/mol. The van der Waals surface area contributed by atoms with Gasteiger partial charge in [-0.1, -0.05) is 13.0 Å². The second-order valence-corrected chi connectivity index (χ2v) is 4.49. The van der Waals surface area contributed by atoms with Crippen molar-refractivity contribution in [2.24, 2.45) is 11.7 Å². The summed E-state index contributed by atoms with van der Waals surface area (Å²) in [6, 6.07) is 7.36. The predicted octanol–water partition coefficient (Wildman–Crippen LogP) is 1.60. The van der Waals surface area contributed by atoms with Crippen LogP contribution in [0.4, 0.5) is 0 Å². The summed E-state index contributed by atoms with van der Waals surface area (Å²) in [6.45, 7) is 4.48. The SMILES string of the molecule is COc1cccc(OC(C)CNC(=O)C(C)CN)c1.Cl. The molecule has 6 heteroatoms. The first-order valence-electron chi connectivity index (χ1n) is 6.35. The highest BCUT2D eigenvalue weighted by atomic mass is 35.5. The maximum atomic E-state index is 11.6. The number of nitrogens with one attached hydrogen (secondary N) is 1. The van der Waals surface area contributed by atoms with Crippen LogP contribution in [0.2, 0.25) is 0 Å². The molecule has 0 bridgehead atoms. The Kier molecular flexibility index (Phi) is 8.76. The third-order valence-electron chi connectivity index (χ3n) is 2.74. The van der Waals surface area contributed by atoms with E-state index in [1.807, 2.05) is 25.1 Å². The van der Waals surface area contributed by atoms with E-state index in [0.717, 1.165) is 5.75 Å². The smallest absolute Gasteiger partial charge is 0.224 e. The van der Waals surface area contributed by atoms with Crippen molar-refractivity contribution in [3.63, 3.8) is 0 Å². The first kappa shape index (κ1) is 18.5. The molecule has 0 aliphatic rings. The Balaban J connectivity index is 0.00000361. The Morgan fingerprint density at radius 1 is 1.35 bits per heavy atom. The molecule has 20 heavy (non-hydrogen) atoms. The molecular formula is C14H23ClN2O3. The van der Waals surface area contributed by atoms with Gasteiger partial charge in [0.2, 0.25) is 5.91 Å². The van der Waals surface area contributed by atoms with E-state index in [9.17, 15) is 4.79 Å². The monoisotopic (exact) mass is 302 g/mol. The first-order valence-corrected chi connectivity index (χ1v) is 6.35. The third-order valence-corrected chi connectivity index (χ3v) is 2.74. The molecule has 0 heterocycles. The molecule has 1 rings (SSSR count). The van der Waals surface area contributed by atoms with Crippen LogP contribution in [0, 0.1) is 5.92 Å². The Bertz CT molecular complexity index is 415. The zero-order valence-corrected chi connectivity index (χ0v) is 12.9. The van der Waals surface area contributed by atoms with Crippen molar-refractivity contribution in [2.75, 3.05) is 20.2 Å². The van der Waals surface area contributed by atoms with Gasteiger partial charge < -0.3 is 20.5 Å². The van der Waals surface area contributed by atoms with E-state index in [0.29, 0.717) is 18.8 Å². The van der Waals surface area contributed by atoms with Crippen LogP contribution in [0.15, 0.2) is 24.3 Å². The lowest BCUT2D eigenvalue weighted by Crippen LogP contribution is -2.38. The summed E-state index contributed by atoms with van der Waals surface area (Å²) in [6.07, 6.45) is -0.124. The molecule has 0 aliphatic heterocycles. The second kappa shape index (κ2) is 9.44. The Morgan fingerprint density at radius 3 is 2.60 bits per heavy atom. The number of halogens is 1. The third kappa shape index (κ3) is 6.12. The minimum atomic E-state index is -0.177. The average Bonchev–Trinajstić information content (AvgIpc) is 2.44. The van der Waals surface area contributed by atoms with Gasteiger partial charge in [0.25, 0.3) is 0 Å². The number of methoxy groups -OCH3 is 1. The molecule has 2 atom stereocenters. The molecular weight excluding hydrogens is 280 g/mol.